The lowest BCUT2D eigenvalue weighted by Gasteiger charge is -2.13. The quantitative estimate of drug-likeness (QED) is 0.704. The van der Waals surface area contributed by atoms with Crippen LogP contribution in [0.3, 0.4) is 0 Å². The number of rotatable bonds is 4. The summed E-state index contributed by atoms with van der Waals surface area (Å²) in [4.78, 5) is 27.7. The van der Waals surface area contributed by atoms with Crippen LogP contribution in [0.5, 0.6) is 11.5 Å². The van der Waals surface area contributed by atoms with Gasteiger partial charge < -0.3 is 24.5 Å². The molecule has 0 fully saturated rings. The van der Waals surface area contributed by atoms with Gasteiger partial charge in [-0.1, -0.05) is 18.2 Å². The van der Waals surface area contributed by atoms with Crippen molar-refractivity contribution in [3.63, 3.8) is 0 Å². The number of benzene rings is 2. The third-order valence-electron chi connectivity index (χ3n) is 4.10. The molecule has 1 amide bonds. The Morgan fingerprint density at radius 2 is 1.96 bits per heavy atom. The number of nitrogens with one attached hydrogen (secondary N) is 2. The lowest BCUT2D eigenvalue weighted by Crippen LogP contribution is -2.29. The van der Waals surface area contributed by atoms with Gasteiger partial charge in [-0.2, -0.15) is 0 Å². The molecule has 0 saturated heterocycles. The zero-order valence-corrected chi connectivity index (χ0v) is 13.9. The van der Waals surface area contributed by atoms with E-state index < -0.39 is 18.0 Å². The molecular formula is C19H16N2O5. The molecule has 0 radical (unpaired) electrons. The molecule has 1 atom stereocenters. The van der Waals surface area contributed by atoms with Crippen molar-refractivity contribution in [2.75, 3.05) is 12.1 Å². The summed E-state index contributed by atoms with van der Waals surface area (Å²) in [6.07, 6.45) is 0.622. The number of carbonyl (C=O) groups excluding carboxylic acids is 2. The number of fused-ring (bicyclic) bond motifs is 2. The number of aromatic amines is 1. The van der Waals surface area contributed by atoms with Crippen molar-refractivity contribution in [2.45, 2.75) is 13.0 Å². The van der Waals surface area contributed by atoms with Crippen LogP contribution in [0, 0.1) is 0 Å². The number of H-pyrrole nitrogens is 1. The van der Waals surface area contributed by atoms with E-state index in [0.717, 1.165) is 10.9 Å². The Morgan fingerprint density at radius 1 is 1.15 bits per heavy atom. The van der Waals surface area contributed by atoms with E-state index in [1.54, 1.807) is 24.4 Å². The first-order valence-electron chi connectivity index (χ1n) is 8.09. The van der Waals surface area contributed by atoms with Gasteiger partial charge in [0.1, 0.15) is 0 Å². The Kier molecular flexibility index (Phi) is 3.96. The van der Waals surface area contributed by atoms with Crippen LogP contribution in [0.4, 0.5) is 5.69 Å². The second-order valence-electron chi connectivity index (χ2n) is 5.85. The molecule has 3 aromatic rings. The number of aromatic nitrogens is 1. The number of amides is 1. The SMILES string of the molecule is CC(OC(=O)c1c[nH]c2ccccc12)C(=O)Nc1ccc2c(c1)OCO2. The number of ether oxygens (including phenoxy) is 3. The summed E-state index contributed by atoms with van der Waals surface area (Å²) in [7, 11) is 0. The monoisotopic (exact) mass is 352 g/mol. The first kappa shape index (κ1) is 16.0. The molecule has 0 bridgehead atoms. The molecule has 0 aliphatic carbocycles. The topological polar surface area (TPSA) is 89.7 Å². The Hall–Kier alpha value is -3.48. The molecular weight excluding hydrogens is 336 g/mol. The van der Waals surface area contributed by atoms with Crippen LogP contribution in [-0.2, 0) is 9.53 Å². The Morgan fingerprint density at radius 3 is 2.85 bits per heavy atom. The second-order valence-corrected chi connectivity index (χ2v) is 5.85. The molecule has 1 aliphatic heterocycles. The number of hydrogen-bond acceptors (Lipinski definition) is 5. The number of anilines is 1. The molecule has 4 rings (SSSR count). The number of carbonyl (C=O) groups is 2. The minimum atomic E-state index is -0.957. The van der Waals surface area contributed by atoms with Gasteiger partial charge in [-0.05, 0) is 25.1 Å². The summed E-state index contributed by atoms with van der Waals surface area (Å²) < 4.78 is 15.8. The first-order valence-corrected chi connectivity index (χ1v) is 8.09. The van der Waals surface area contributed by atoms with Crippen LogP contribution in [0.25, 0.3) is 10.9 Å². The molecule has 2 heterocycles. The number of para-hydroxylation sites is 1. The van der Waals surface area contributed by atoms with E-state index in [1.807, 2.05) is 24.3 Å². The van der Waals surface area contributed by atoms with Crippen molar-refractivity contribution in [1.29, 1.82) is 0 Å². The zero-order chi connectivity index (χ0) is 18.1. The van der Waals surface area contributed by atoms with Crippen molar-refractivity contribution in [1.82, 2.24) is 4.98 Å². The fraction of sp³-hybridized carbons (Fsp3) is 0.158. The van der Waals surface area contributed by atoms with Gasteiger partial charge in [-0.3, -0.25) is 4.79 Å². The molecule has 2 aromatic carbocycles. The maximum atomic E-state index is 12.4. The largest absolute Gasteiger partial charge is 0.454 e. The highest BCUT2D eigenvalue weighted by molar-refractivity contribution is 6.05. The van der Waals surface area contributed by atoms with Crippen molar-refractivity contribution < 1.29 is 23.8 Å². The second kappa shape index (κ2) is 6.44. The van der Waals surface area contributed by atoms with Gasteiger partial charge in [0, 0.05) is 28.9 Å². The fourth-order valence-electron chi connectivity index (χ4n) is 2.74. The average Bonchev–Trinajstić information content (AvgIpc) is 3.27. The van der Waals surface area contributed by atoms with Crippen LogP contribution < -0.4 is 14.8 Å². The van der Waals surface area contributed by atoms with Gasteiger partial charge >= 0.3 is 5.97 Å². The van der Waals surface area contributed by atoms with E-state index in [9.17, 15) is 9.59 Å². The lowest BCUT2D eigenvalue weighted by atomic mass is 10.2. The van der Waals surface area contributed by atoms with E-state index in [1.165, 1.54) is 6.92 Å². The molecule has 0 saturated carbocycles. The predicted molar refractivity (Wildman–Crippen MR) is 94.4 cm³/mol. The molecule has 0 spiro atoms. The number of hydrogen-bond donors (Lipinski definition) is 2. The molecule has 7 heteroatoms. The molecule has 26 heavy (non-hydrogen) atoms. The van der Waals surface area contributed by atoms with Gasteiger partial charge in [0.25, 0.3) is 5.91 Å². The van der Waals surface area contributed by atoms with Crippen molar-refractivity contribution in [2.24, 2.45) is 0 Å². The molecule has 132 valence electrons. The molecule has 1 unspecified atom stereocenters. The van der Waals surface area contributed by atoms with Crippen LogP contribution in [0.1, 0.15) is 17.3 Å². The van der Waals surface area contributed by atoms with Gasteiger partial charge in [0.05, 0.1) is 5.56 Å². The van der Waals surface area contributed by atoms with Crippen LogP contribution in [0.2, 0.25) is 0 Å². The standard InChI is InChI=1S/C19H16N2O5/c1-11(18(22)21-12-6-7-16-17(8-12)25-10-24-16)26-19(23)14-9-20-15-5-3-2-4-13(14)15/h2-9,11,20H,10H2,1H3,(H,21,22). The van der Waals surface area contributed by atoms with Gasteiger partial charge in [0.2, 0.25) is 6.79 Å². The van der Waals surface area contributed by atoms with E-state index >= 15 is 0 Å². The van der Waals surface area contributed by atoms with Crippen molar-refractivity contribution in [3.05, 3.63) is 54.2 Å². The van der Waals surface area contributed by atoms with E-state index in [4.69, 9.17) is 14.2 Å². The Balaban J connectivity index is 1.43. The normalized spacial score (nSPS) is 13.4. The Labute approximate surface area is 148 Å². The zero-order valence-electron chi connectivity index (χ0n) is 13.9. The van der Waals surface area contributed by atoms with Crippen molar-refractivity contribution >= 4 is 28.5 Å². The summed E-state index contributed by atoms with van der Waals surface area (Å²) in [5.41, 5.74) is 1.76. The molecule has 2 N–H and O–H groups in total. The summed E-state index contributed by atoms with van der Waals surface area (Å²) in [6.45, 7) is 1.68. The number of esters is 1. The molecule has 7 nitrogen and oxygen atoms in total. The maximum Gasteiger partial charge on any atom is 0.341 e. The van der Waals surface area contributed by atoms with Gasteiger partial charge in [0.15, 0.2) is 17.6 Å². The van der Waals surface area contributed by atoms with E-state index in [-0.39, 0.29) is 6.79 Å². The van der Waals surface area contributed by atoms with Crippen LogP contribution in [0.15, 0.2) is 48.7 Å². The third kappa shape index (κ3) is 2.95. The first-order chi connectivity index (χ1) is 12.6. The average molecular weight is 352 g/mol. The van der Waals surface area contributed by atoms with E-state index in [2.05, 4.69) is 10.3 Å². The summed E-state index contributed by atoms with van der Waals surface area (Å²) in [5.74, 6) is 0.195. The maximum absolute atomic E-state index is 12.4. The van der Waals surface area contributed by atoms with Crippen LogP contribution in [-0.4, -0.2) is 29.8 Å². The van der Waals surface area contributed by atoms with Crippen molar-refractivity contribution in [3.8, 4) is 11.5 Å². The molecule has 1 aromatic heterocycles. The lowest BCUT2D eigenvalue weighted by molar-refractivity contribution is -0.123. The van der Waals surface area contributed by atoms with Gasteiger partial charge in [-0.15, -0.1) is 0 Å². The Bertz CT molecular complexity index is 995. The third-order valence-corrected chi connectivity index (χ3v) is 4.10. The predicted octanol–water partition coefficient (Wildman–Crippen LogP) is 3.08. The minimum absolute atomic E-state index is 0.158. The highest BCUT2D eigenvalue weighted by Gasteiger charge is 2.22. The van der Waals surface area contributed by atoms with E-state index in [0.29, 0.717) is 22.7 Å². The minimum Gasteiger partial charge on any atom is -0.454 e. The highest BCUT2D eigenvalue weighted by Crippen LogP contribution is 2.34. The summed E-state index contributed by atoms with van der Waals surface area (Å²) in [5, 5.41) is 3.45. The fourth-order valence-corrected chi connectivity index (χ4v) is 2.74. The summed E-state index contributed by atoms with van der Waals surface area (Å²) in [6, 6.07) is 12.5. The smallest absolute Gasteiger partial charge is 0.341 e. The highest BCUT2D eigenvalue weighted by atomic mass is 16.7. The summed E-state index contributed by atoms with van der Waals surface area (Å²) >= 11 is 0. The van der Waals surface area contributed by atoms with Gasteiger partial charge in [-0.25, -0.2) is 4.79 Å². The molecule has 1 aliphatic rings. The van der Waals surface area contributed by atoms with Crippen LogP contribution >= 0.6 is 0 Å².